The van der Waals surface area contributed by atoms with Crippen LogP contribution in [-0.2, 0) is 4.79 Å². The van der Waals surface area contributed by atoms with E-state index in [2.05, 4.69) is 5.32 Å². The predicted octanol–water partition coefficient (Wildman–Crippen LogP) is 0.963. The van der Waals surface area contributed by atoms with Gasteiger partial charge in [0.15, 0.2) is 0 Å². The highest BCUT2D eigenvalue weighted by Crippen LogP contribution is 2.29. The molecule has 0 aromatic heterocycles. The first kappa shape index (κ1) is 9.86. The van der Waals surface area contributed by atoms with Gasteiger partial charge in [0.1, 0.15) is 0 Å². The topological polar surface area (TPSA) is 66.4 Å². The molecule has 1 amide bonds. The second-order valence-electron chi connectivity index (χ2n) is 3.54. The summed E-state index contributed by atoms with van der Waals surface area (Å²) in [5.41, 5.74) is -1.08. The van der Waals surface area contributed by atoms with Gasteiger partial charge in [0.25, 0.3) is 5.91 Å². The Morgan fingerprint density at radius 3 is 2.67 bits per heavy atom. The largest absolute Gasteiger partial charge is 0.373 e. The van der Waals surface area contributed by atoms with Crippen molar-refractivity contribution in [3.63, 3.8) is 0 Å². The number of aliphatic hydroxyl groups is 1. The van der Waals surface area contributed by atoms with E-state index < -0.39 is 17.3 Å². The lowest BCUT2D eigenvalue weighted by Gasteiger charge is -2.29. The van der Waals surface area contributed by atoms with Gasteiger partial charge in [0, 0.05) is 5.56 Å². The van der Waals surface area contributed by atoms with Crippen LogP contribution in [-0.4, -0.2) is 22.4 Å². The third kappa shape index (κ3) is 1.26. The number of amides is 1. The minimum Gasteiger partial charge on any atom is -0.373 e. The monoisotopic (exact) mass is 205 g/mol. The van der Waals surface area contributed by atoms with Crippen molar-refractivity contribution in [2.75, 3.05) is 5.32 Å². The lowest BCUT2D eigenvalue weighted by atomic mass is 9.85. The van der Waals surface area contributed by atoms with Crippen LogP contribution in [0.25, 0.3) is 0 Å². The predicted molar refractivity (Wildman–Crippen MR) is 54.6 cm³/mol. The van der Waals surface area contributed by atoms with Crippen LogP contribution in [0.5, 0.6) is 0 Å². The fourth-order valence-electron chi connectivity index (χ4n) is 1.66. The van der Waals surface area contributed by atoms with E-state index in [4.69, 9.17) is 0 Å². The molecule has 0 bridgehead atoms. The number of ketones is 1. The lowest BCUT2D eigenvalue weighted by Crippen LogP contribution is -2.52. The molecule has 0 fully saturated rings. The highest BCUT2D eigenvalue weighted by atomic mass is 16.3. The van der Waals surface area contributed by atoms with Gasteiger partial charge in [0.2, 0.25) is 11.4 Å². The molecule has 0 unspecified atom stereocenters. The van der Waals surface area contributed by atoms with Crippen molar-refractivity contribution >= 4 is 17.4 Å². The van der Waals surface area contributed by atoms with Crippen molar-refractivity contribution in [2.45, 2.75) is 18.9 Å². The number of hydrogen-bond acceptors (Lipinski definition) is 3. The maximum absolute atomic E-state index is 11.9. The zero-order chi connectivity index (χ0) is 11.1. The molecule has 0 aliphatic carbocycles. The molecule has 4 nitrogen and oxygen atoms in total. The van der Waals surface area contributed by atoms with E-state index in [1.54, 1.807) is 31.2 Å². The SMILES string of the molecule is CC[C@@]1(O)C(=O)Nc2ccccc2C1=O. The van der Waals surface area contributed by atoms with Gasteiger partial charge in [-0.25, -0.2) is 0 Å². The number of fused-ring (bicyclic) bond motifs is 1. The van der Waals surface area contributed by atoms with E-state index in [-0.39, 0.29) is 6.42 Å². The summed E-state index contributed by atoms with van der Waals surface area (Å²) in [6.07, 6.45) is 0.0754. The molecule has 0 radical (unpaired) electrons. The summed E-state index contributed by atoms with van der Waals surface area (Å²) in [5.74, 6) is -1.17. The van der Waals surface area contributed by atoms with Gasteiger partial charge in [0.05, 0.1) is 5.69 Å². The molecule has 1 aliphatic rings. The molecule has 78 valence electrons. The van der Waals surface area contributed by atoms with Crippen LogP contribution in [0.2, 0.25) is 0 Å². The molecule has 2 N–H and O–H groups in total. The molecular weight excluding hydrogens is 194 g/mol. The van der Waals surface area contributed by atoms with E-state index in [1.807, 2.05) is 0 Å². The zero-order valence-electron chi connectivity index (χ0n) is 8.28. The van der Waals surface area contributed by atoms with Crippen LogP contribution in [0, 0.1) is 0 Å². The maximum Gasteiger partial charge on any atom is 0.264 e. The van der Waals surface area contributed by atoms with Gasteiger partial charge >= 0.3 is 0 Å². The smallest absolute Gasteiger partial charge is 0.264 e. The molecule has 0 saturated heterocycles. The molecule has 15 heavy (non-hydrogen) atoms. The van der Waals surface area contributed by atoms with Crippen LogP contribution >= 0.6 is 0 Å². The van der Waals surface area contributed by atoms with Gasteiger partial charge in [-0.15, -0.1) is 0 Å². The van der Waals surface area contributed by atoms with E-state index in [1.165, 1.54) is 0 Å². The Hall–Kier alpha value is -1.68. The summed E-state index contributed by atoms with van der Waals surface area (Å²) in [4.78, 5) is 23.4. The van der Waals surface area contributed by atoms with Crippen LogP contribution in [0.15, 0.2) is 24.3 Å². The van der Waals surface area contributed by atoms with Crippen LogP contribution in [0.4, 0.5) is 5.69 Å². The van der Waals surface area contributed by atoms with Crippen LogP contribution in [0.1, 0.15) is 23.7 Å². The third-order valence-electron chi connectivity index (χ3n) is 2.68. The second-order valence-corrected chi connectivity index (χ2v) is 3.54. The molecule has 1 heterocycles. The number of para-hydroxylation sites is 1. The van der Waals surface area contributed by atoms with Crippen molar-refractivity contribution in [1.82, 2.24) is 0 Å². The lowest BCUT2D eigenvalue weighted by molar-refractivity contribution is -0.130. The highest BCUT2D eigenvalue weighted by molar-refractivity contribution is 6.26. The third-order valence-corrected chi connectivity index (χ3v) is 2.68. The van der Waals surface area contributed by atoms with Crippen molar-refractivity contribution in [3.05, 3.63) is 29.8 Å². The van der Waals surface area contributed by atoms with Crippen molar-refractivity contribution in [3.8, 4) is 0 Å². The van der Waals surface area contributed by atoms with Crippen molar-refractivity contribution < 1.29 is 14.7 Å². The normalized spacial score (nSPS) is 24.7. The quantitative estimate of drug-likeness (QED) is 0.671. The average Bonchev–Trinajstić information content (AvgIpc) is 2.26. The first-order valence-electron chi connectivity index (χ1n) is 4.77. The summed E-state index contributed by atoms with van der Waals surface area (Å²) in [6, 6.07) is 6.66. The Balaban J connectivity index is 2.57. The molecule has 1 aromatic rings. The molecule has 4 heteroatoms. The van der Waals surface area contributed by atoms with E-state index in [9.17, 15) is 14.7 Å². The van der Waals surface area contributed by atoms with Gasteiger partial charge in [-0.2, -0.15) is 0 Å². The fraction of sp³-hybridized carbons (Fsp3) is 0.273. The van der Waals surface area contributed by atoms with Crippen molar-refractivity contribution in [2.24, 2.45) is 0 Å². The number of carbonyl (C=O) groups is 2. The molecule has 0 spiro atoms. The molecule has 0 saturated carbocycles. The van der Waals surface area contributed by atoms with E-state index >= 15 is 0 Å². The number of rotatable bonds is 1. The summed E-state index contributed by atoms with van der Waals surface area (Å²) in [6.45, 7) is 1.60. The van der Waals surface area contributed by atoms with Gasteiger partial charge < -0.3 is 10.4 Å². The number of nitrogens with one attached hydrogen (secondary N) is 1. The molecular formula is C11H11NO3. The van der Waals surface area contributed by atoms with Gasteiger partial charge in [-0.1, -0.05) is 19.1 Å². The molecule has 1 aromatic carbocycles. The number of anilines is 1. The fourth-order valence-corrected chi connectivity index (χ4v) is 1.66. The van der Waals surface area contributed by atoms with E-state index in [0.29, 0.717) is 11.3 Å². The number of Topliss-reactive ketones (excluding diaryl/α,β-unsaturated/α-hetero) is 1. The van der Waals surface area contributed by atoms with E-state index in [0.717, 1.165) is 0 Å². The van der Waals surface area contributed by atoms with Crippen LogP contribution in [0.3, 0.4) is 0 Å². The summed E-state index contributed by atoms with van der Waals surface area (Å²) < 4.78 is 0. The summed E-state index contributed by atoms with van der Waals surface area (Å²) >= 11 is 0. The molecule has 1 atom stereocenters. The minimum atomic E-state index is -1.91. The number of benzene rings is 1. The van der Waals surface area contributed by atoms with Gasteiger partial charge in [-0.05, 0) is 18.6 Å². The molecule has 1 aliphatic heterocycles. The number of carbonyl (C=O) groups excluding carboxylic acids is 2. The highest BCUT2D eigenvalue weighted by Gasteiger charge is 2.46. The zero-order valence-corrected chi connectivity index (χ0v) is 8.28. The van der Waals surface area contributed by atoms with Crippen LogP contribution < -0.4 is 5.32 Å². The Bertz CT molecular complexity index is 441. The maximum atomic E-state index is 11.9. The first-order valence-corrected chi connectivity index (χ1v) is 4.77. The Morgan fingerprint density at radius 2 is 2.00 bits per heavy atom. The average molecular weight is 205 g/mol. The van der Waals surface area contributed by atoms with Gasteiger partial charge in [-0.3, -0.25) is 9.59 Å². The molecule has 2 rings (SSSR count). The summed E-state index contributed by atoms with van der Waals surface area (Å²) in [5, 5.41) is 12.4. The minimum absolute atomic E-state index is 0.0754. The standard InChI is InChI=1S/C11H11NO3/c1-2-11(15)9(13)7-5-3-4-6-8(7)12-10(11)14/h3-6,15H,2H2,1H3,(H,12,14)/t11-/m0/s1. The number of hydrogen-bond donors (Lipinski definition) is 2. The first-order chi connectivity index (χ1) is 7.09. The van der Waals surface area contributed by atoms with Crippen molar-refractivity contribution in [1.29, 1.82) is 0 Å². The Kier molecular flexibility index (Phi) is 2.08. The summed E-state index contributed by atoms with van der Waals surface area (Å²) in [7, 11) is 0. The Labute approximate surface area is 86.9 Å². The Morgan fingerprint density at radius 1 is 1.33 bits per heavy atom. The second kappa shape index (κ2) is 3.17.